The van der Waals surface area contributed by atoms with Crippen molar-refractivity contribution in [2.75, 3.05) is 27.3 Å². The van der Waals surface area contributed by atoms with Crippen LogP contribution in [-0.2, 0) is 14.3 Å². The Morgan fingerprint density at radius 2 is 1.93 bits per heavy atom. The van der Waals surface area contributed by atoms with E-state index < -0.39 is 0 Å². The molecular formula is C9H14N2O3. The molecule has 0 aromatic heterocycles. The first-order valence-corrected chi connectivity index (χ1v) is 4.43. The molecule has 0 aromatic rings. The Morgan fingerprint density at radius 3 is 2.29 bits per heavy atom. The first-order valence-electron chi connectivity index (χ1n) is 4.43. The summed E-state index contributed by atoms with van der Waals surface area (Å²) in [5.41, 5.74) is 0. The molecule has 2 atom stereocenters. The van der Waals surface area contributed by atoms with Gasteiger partial charge in [-0.2, -0.15) is 5.26 Å². The Balaban J connectivity index is 2.53. The van der Waals surface area contributed by atoms with Crippen molar-refractivity contribution in [3.63, 3.8) is 0 Å². The fraction of sp³-hybridized carbons (Fsp3) is 0.778. The SMILES string of the molecule is CO[C@H]1CN(C(=O)CC#N)C[C@H]1OC. The van der Waals surface area contributed by atoms with Gasteiger partial charge in [-0.15, -0.1) is 0 Å². The van der Waals surface area contributed by atoms with Crippen LogP contribution < -0.4 is 0 Å². The highest BCUT2D eigenvalue weighted by atomic mass is 16.5. The Hall–Kier alpha value is -1.12. The number of ether oxygens (including phenoxy) is 2. The predicted octanol–water partition coefficient (Wildman–Crippen LogP) is -0.228. The molecule has 0 saturated carbocycles. The average molecular weight is 198 g/mol. The van der Waals surface area contributed by atoms with Crippen molar-refractivity contribution in [2.45, 2.75) is 18.6 Å². The molecule has 1 aliphatic rings. The van der Waals surface area contributed by atoms with Gasteiger partial charge in [-0.3, -0.25) is 4.79 Å². The van der Waals surface area contributed by atoms with Gasteiger partial charge in [0, 0.05) is 27.3 Å². The molecule has 1 fully saturated rings. The minimum atomic E-state index is -0.158. The first kappa shape index (κ1) is 11.0. The van der Waals surface area contributed by atoms with Crippen LogP contribution in [0, 0.1) is 11.3 Å². The minimum absolute atomic E-state index is 0.0765. The van der Waals surface area contributed by atoms with E-state index in [9.17, 15) is 4.79 Å². The summed E-state index contributed by atoms with van der Waals surface area (Å²) in [7, 11) is 3.18. The fourth-order valence-electron chi connectivity index (χ4n) is 1.58. The quantitative estimate of drug-likeness (QED) is 0.628. The Kier molecular flexibility index (Phi) is 3.86. The molecule has 1 saturated heterocycles. The summed E-state index contributed by atoms with van der Waals surface area (Å²) in [5.74, 6) is -0.158. The lowest BCUT2D eigenvalue weighted by Crippen LogP contribution is -2.29. The third kappa shape index (κ3) is 2.22. The van der Waals surface area contributed by atoms with Crippen LogP contribution in [0.5, 0.6) is 0 Å². The van der Waals surface area contributed by atoms with Crippen LogP contribution in [0.15, 0.2) is 0 Å². The average Bonchev–Trinajstić information content (AvgIpc) is 2.61. The topological polar surface area (TPSA) is 62.6 Å². The van der Waals surface area contributed by atoms with Gasteiger partial charge in [0.05, 0.1) is 6.07 Å². The zero-order valence-corrected chi connectivity index (χ0v) is 8.40. The van der Waals surface area contributed by atoms with Crippen LogP contribution in [0.3, 0.4) is 0 Å². The number of likely N-dealkylation sites (tertiary alicyclic amines) is 1. The zero-order chi connectivity index (χ0) is 10.6. The van der Waals surface area contributed by atoms with Gasteiger partial charge in [-0.25, -0.2) is 0 Å². The maximum absolute atomic E-state index is 11.4. The van der Waals surface area contributed by atoms with Gasteiger partial charge in [-0.1, -0.05) is 0 Å². The van der Waals surface area contributed by atoms with Gasteiger partial charge in [0.25, 0.3) is 0 Å². The van der Waals surface area contributed by atoms with Crippen LogP contribution in [-0.4, -0.2) is 50.3 Å². The van der Waals surface area contributed by atoms with E-state index in [4.69, 9.17) is 14.7 Å². The summed E-state index contributed by atoms with van der Waals surface area (Å²) < 4.78 is 10.3. The largest absolute Gasteiger partial charge is 0.377 e. The van der Waals surface area contributed by atoms with Gasteiger partial charge < -0.3 is 14.4 Å². The first-order chi connectivity index (χ1) is 6.72. The second kappa shape index (κ2) is 4.94. The maximum atomic E-state index is 11.4. The van der Waals surface area contributed by atoms with E-state index in [-0.39, 0.29) is 24.5 Å². The van der Waals surface area contributed by atoms with Crippen LogP contribution in [0.4, 0.5) is 0 Å². The summed E-state index contributed by atoms with van der Waals surface area (Å²) in [5, 5.41) is 8.38. The molecule has 0 spiro atoms. The van der Waals surface area contributed by atoms with Crippen molar-refractivity contribution in [3.05, 3.63) is 0 Å². The van der Waals surface area contributed by atoms with Crippen molar-refractivity contribution >= 4 is 5.91 Å². The number of hydrogen-bond acceptors (Lipinski definition) is 4. The molecule has 0 N–H and O–H groups in total. The molecule has 0 aliphatic carbocycles. The lowest BCUT2D eigenvalue weighted by atomic mass is 10.3. The highest BCUT2D eigenvalue weighted by Crippen LogP contribution is 2.16. The monoisotopic (exact) mass is 198 g/mol. The maximum Gasteiger partial charge on any atom is 0.236 e. The third-order valence-electron chi connectivity index (χ3n) is 2.40. The molecule has 5 heteroatoms. The number of carbonyl (C=O) groups is 1. The van der Waals surface area contributed by atoms with Crippen molar-refractivity contribution in [1.29, 1.82) is 5.26 Å². The van der Waals surface area contributed by atoms with Gasteiger partial charge >= 0.3 is 0 Å². The van der Waals surface area contributed by atoms with E-state index >= 15 is 0 Å². The molecule has 5 nitrogen and oxygen atoms in total. The smallest absolute Gasteiger partial charge is 0.236 e. The number of methoxy groups -OCH3 is 2. The van der Waals surface area contributed by atoms with Crippen LogP contribution in [0.1, 0.15) is 6.42 Å². The molecule has 0 aromatic carbocycles. The molecule has 78 valence electrons. The van der Waals surface area contributed by atoms with E-state index in [1.807, 2.05) is 6.07 Å². The van der Waals surface area contributed by atoms with Gasteiger partial charge in [0.1, 0.15) is 18.6 Å². The normalized spacial score (nSPS) is 26.2. The highest BCUT2D eigenvalue weighted by molar-refractivity contribution is 5.78. The molecule has 14 heavy (non-hydrogen) atoms. The summed E-state index contributed by atoms with van der Waals surface area (Å²) in [4.78, 5) is 13.0. The standard InChI is InChI=1S/C9H14N2O3/c1-13-7-5-11(6-8(7)14-2)9(12)3-4-10/h7-8H,3,5-6H2,1-2H3/t7-,8+. The van der Waals surface area contributed by atoms with Crippen LogP contribution in [0.2, 0.25) is 0 Å². The van der Waals surface area contributed by atoms with E-state index in [2.05, 4.69) is 0 Å². The van der Waals surface area contributed by atoms with Crippen molar-refractivity contribution in [2.24, 2.45) is 0 Å². The molecule has 0 bridgehead atoms. The number of rotatable bonds is 3. The van der Waals surface area contributed by atoms with Crippen molar-refractivity contribution < 1.29 is 14.3 Å². The minimum Gasteiger partial charge on any atom is -0.377 e. The molecular weight excluding hydrogens is 184 g/mol. The van der Waals surface area contributed by atoms with Crippen molar-refractivity contribution in [1.82, 2.24) is 4.90 Å². The molecule has 1 aliphatic heterocycles. The number of hydrogen-bond donors (Lipinski definition) is 0. The van der Waals surface area contributed by atoms with Crippen LogP contribution >= 0.6 is 0 Å². The van der Waals surface area contributed by atoms with Crippen molar-refractivity contribution in [3.8, 4) is 6.07 Å². The van der Waals surface area contributed by atoms with Gasteiger partial charge in [0.2, 0.25) is 5.91 Å². The third-order valence-corrected chi connectivity index (χ3v) is 2.40. The number of nitriles is 1. The number of nitrogens with zero attached hydrogens (tertiary/aromatic N) is 2. The van der Waals surface area contributed by atoms with E-state index in [1.165, 1.54) is 0 Å². The van der Waals surface area contributed by atoms with Crippen LogP contribution in [0.25, 0.3) is 0 Å². The molecule has 1 amide bonds. The van der Waals surface area contributed by atoms with E-state index in [0.29, 0.717) is 13.1 Å². The Bertz CT molecular complexity index is 237. The summed E-state index contributed by atoms with van der Waals surface area (Å²) >= 11 is 0. The second-order valence-electron chi connectivity index (χ2n) is 3.18. The van der Waals surface area contributed by atoms with Gasteiger partial charge in [-0.05, 0) is 0 Å². The Morgan fingerprint density at radius 1 is 1.43 bits per heavy atom. The fourth-order valence-corrected chi connectivity index (χ4v) is 1.58. The van der Waals surface area contributed by atoms with E-state index in [0.717, 1.165) is 0 Å². The summed E-state index contributed by atoms with van der Waals surface area (Å²) in [6, 6.07) is 1.84. The number of carbonyl (C=O) groups excluding carboxylic acids is 1. The Labute approximate surface area is 83.2 Å². The predicted molar refractivity (Wildman–Crippen MR) is 48.4 cm³/mol. The molecule has 1 heterocycles. The second-order valence-corrected chi connectivity index (χ2v) is 3.18. The van der Waals surface area contributed by atoms with E-state index in [1.54, 1.807) is 19.1 Å². The molecule has 0 radical (unpaired) electrons. The lowest BCUT2D eigenvalue weighted by Gasteiger charge is -2.13. The molecule has 1 rings (SSSR count). The number of amides is 1. The lowest BCUT2D eigenvalue weighted by molar-refractivity contribution is -0.129. The van der Waals surface area contributed by atoms with Gasteiger partial charge in [0.15, 0.2) is 0 Å². The summed E-state index contributed by atoms with van der Waals surface area (Å²) in [6.45, 7) is 1.02. The zero-order valence-electron chi connectivity index (χ0n) is 8.40. The molecule has 0 unspecified atom stereocenters. The highest BCUT2D eigenvalue weighted by Gasteiger charge is 2.35. The summed E-state index contributed by atoms with van der Waals surface area (Å²) in [6.07, 6.45) is -0.238.